The van der Waals surface area contributed by atoms with Crippen molar-refractivity contribution in [3.63, 3.8) is 0 Å². The number of fused-ring (bicyclic) bond motifs is 10. The molecule has 4 heteroatoms. The van der Waals surface area contributed by atoms with Crippen molar-refractivity contribution < 1.29 is 0 Å². The van der Waals surface area contributed by atoms with Gasteiger partial charge in [-0.25, -0.2) is 4.98 Å². The number of aromatic nitrogens is 2. The number of hydrogen-bond acceptors (Lipinski definition) is 3. The van der Waals surface area contributed by atoms with Crippen LogP contribution in [0, 0.1) is 11.3 Å². The molecular weight excluding hydrogens is 651 g/mol. The van der Waals surface area contributed by atoms with Gasteiger partial charge in [-0.1, -0.05) is 121 Å². The Kier molecular flexibility index (Phi) is 6.19. The summed E-state index contributed by atoms with van der Waals surface area (Å²) in [4.78, 5) is 5.34. The summed E-state index contributed by atoms with van der Waals surface area (Å²) in [7, 11) is 0. The monoisotopic (exact) mass is 677 g/mol. The zero-order valence-electron chi connectivity index (χ0n) is 27.8. The first-order chi connectivity index (χ1) is 25.7. The average molecular weight is 678 g/mol. The van der Waals surface area contributed by atoms with Crippen LogP contribution in [0.3, 0.4) is 0 Å². The molecule has 3 heterocycles. The van der Waals surface area contributed by atoms with Gasteiger partial charge in [0.25, 0.3) is 0 Å². The van der Waals surface area contributed by atoms with Crippen LogP contribution in [-0.4, -0.2) is 9.38 Å². The van der Waals surface area contributed by atoms with E-state index in [2.05, 4.69) is 150 Å². The number of thiophene rings is 1. The fourth-order valence-electron chi connectivity index (χ4n) is 8.03. The van der Waals surface area contributed by atoms with Crippen molar-refractivity contribution in [3.05, 3.63) is 169 Å². The minimum absolute atomic E-state index is 0.666. The Labute approximate surface area is 302 Å². The van der Waals surface area contributed by atoms with Gasteiger partial charge in [0.15, 0.2) is 5.65 Å². The molecule has 3 aromatic heterocycles. The highest BCUT2D eigenvalue weighted by Gasteiger charge is 2.19. The number of imidazole rings is 1. The quantitative estimate of drug-likeness (QED) is 0.187. The van der Waals surface area contributed by atoms with E-state index in [0.717, 1.165) is 44.6 Å². The molecule has 0 bridgehead atoms. The lowest BCUT2D eigenvalue weighted by atomic mass is 9.91. The lowest BCUT2D eigenvalue weighted by Gasteiger charge is -2.13. The Morgan fingerprint density at radius 3 is 1.71 bits per heavy atom. The molecule has 0 aliphatic rings. The van der Waals surface area contributed by atoms with Crippen molar-refractivity contribution in [1.82, 2.24) is 9.38 Å². The second kappa shape index (κ2) is 11.1. The summed E-state index contributed by atoms with van der Waals surface area (Å²) >= 11 is 1.83. The molecule has 11 rings (SSSR count). The van der Waals surface area contributed by atoms with E-state index >= 15 is 0 Å². The van der Waals surface area contributed by atoms with Crippen LogP contribution in [-0.2, 0) is 0 Å². The van der Waals surface area contributed by atoms with Crippen LogP contribution >= 0.6 is 11.3 Å². The van der Waals surface area contributed by atoms with Crippen LogP contribution in [0.4, 0.5) is 0 Å². The Morgan fingerprint density at radius 2 is 1.06 bits per heavy atom. The Hall–Kier alpha value is -6.80. The van der Waals surface area contributed by atoms with Crippen molar-refractivity contribution in [2.24, 2.45) is 0 Å². The Balaban J connectivity index is 1.12. The lowest BCUT2D eigenvalue weighted by molar-refractivity contribution is 1.25. The molecule has 8 aromatic carbocycles. The van der Waals surface area contributed by atoms with Crippen LogP contribution in [0.25, 0.3) is 103 Å². The van der Waals surface area contributed by atoms with Gasteiger partial charge in [0, 0.05) is 15.5 Å². The summed E-state index contributed by atoms with van der Waals surface area (Å²) in [5.41, 5.74) is 10.7. The Bertz CT molecular complexity index is 3290. The van der Waals surface area contributed by atoms with Gasteiger partial charge in [-0.15, -0.1) is 11.3 Å². The van der Waals surface area contributed by atoms with E-state index in [-0.39, 0.29) is 0 Å². The van der Waals surface area contributed by atoms with Gasteiger partial charge in [-0.2, -0.15) is 5.26 Å². The van der Waals surface area contributed by atoms with Crippen molar-refractivity contribution in [3.8, 4) is 39.6 Å². The zero-order chi connectivity index (χ0) is 34.3. The number of hydrogen-bond donors (Lipinski definition) is 0. The molecular formula is C48H27N3S. The number of rotatable bonds is 3. The molecule has 0 spiro atoms. The number of pyridine rings is 1. The molecule has 240 valence electrons. The molecule has 0 aliphatic carbocycles. The zero-order valence-corrected chi connectivity index (χ0v) is 28.7. The average Bonchev–Trinajstić information content (AvgIpc) is 3.76. The maximum atomic E-state index is 9.31. The fourth-order valence-corrected chi connectivity index (χ4v) is 9.22. The third-order valence-electron chi connectivity index (χ3n) is 10.6. The van der Waals surface area contributed by atoms with Gasteiger partial charge in [0.2, 0.25) is 0 Å². The third-order valence-corrected chi connectivity index (χ3v) is 11.7. The fraction of sp³-hybridized carbons (Fsp3) is 0. The van der Waals surface area contributed by atoms with E-state index in [1.165, 1.54) is 58.1 Å². The van der Waals surface area contributed by atoms with Crippen LogP contribution in [0.15, 0.2) is 164 Å². The molecule has 0 saturated carbocycles. The molecule has 0 aliphatic heterocycles. The molecule has 0 radical (unpaired) electrons. The normalized spacial score (nSPS) is 11.8. The van der Waals surface area contributed by atoms with Crippen molar-refractivity contribution in [2.45, 2.75) is 0 Å². The molecule has 0 unspecified atom stereocenters. The highest BCUT2D eigenvalue weighted by atomic mass is 32.1. The van der Waals surface area contributed by atoms with Crippen molar-refractivity contribution in [1.29, 1.82) is 5.26 Å². The Morgan fingerprint density at radius 1 is 0.500 bits per heavy atom. The summed E-state index contributed by atoms with van der Waals surface area (Å²) in [5, 5.41) is 19.1. The number of nitrogens with zero attached hydrogens (tertiary/aromatic N) is 3. The van der Waals surface area contributed by atoms with Gasteiger partial charge in [0.1, 0.15) is 0 Å². The van der Waals surface area contributed by atoms with Gasteiger partial charge in [-0.3, -0.25) is 4.40 Å². The maximum Gasteiger partial charge on any atom is 0.156 e. The first-order valence-electron chi connectivity index (χ1n) is 17.4. The number of benzene rings is 8. The van der Waals surface area contributed by atoms with E-state index in [9.17, 15) is 5.26 Å². The van der Waals surface area contributed by atoms with Gasteiger partial charge >= 0.3 is 0 Å². The smallest absolute Gasteiger partial charge is 0.156 e. The topological polar surface area (TPSA) is 41.1 Å². The molecule has 0 saturated heterocycles. The van der Waals surface area contributed by atoms with E-state index < -0.39 is 0 Å². The van der Waals surface area contributed by atoms with Gasteiger partial charge < -0.3 is 0 Å². The van der Waals surface area contributed by atoms with Crippen LogP contribution in [0.5, 0.6) is 0 Å². The summed E-state index contributed by atoms with van der Waals surface area (Å²) in [5.74, 6) is 0. The molecule has 0 amide bonds. The summed E-state index contributed by atoms with van der Waals surface area (Å²) in [6.07, 6.45) is 0. The molecule has 3 nitrogen and oxygen atoms in total. The number of nitriles is 1. The highest BCUT2D eigenvalue weighted by molar-refractivity contribution is 7.26. The standard InChI is InChI=1S/C48H27N3S/c49-28-29-13-15-30(16-14-29)37-21-22-38(40-12-6-5-11-39(37)40)31-17-19-32(20-18-31)44-27-42-41-23-33-7-1-4-10-36(33)26-46(41)52-47(42)48-50-43-24-34-8-2-3-9-35(34)25-45(43)51(44)48/h1-27H. The highest BCUT2D eigenvalue weighted by Crippen LogP contribution is 2.43. The van der Waals surface area contributed by atoms with E-state index in [1.54, 1.807) is 0 Å². The van der Waals surface area contributed by atoms with E-state index in [4.69, 9.17) is 4.98 Å². The van der Waals surface area contributed by atoms with Crippen LogP contribution in [0.1, 0.15) is 5.56 Å². The summed E-state index contributed by atoms with van der Waals surface area (Å²) < 4.78 is 4.85. The predicted octanol–water partition coefficient (Wildman–Crippen LogP) is 13.2. The van der Waals surface area contributed by atoms with E-state index in [1.807, 2.05) is 35.6 Å². The minimum atomic E-state index is 0.666. The second-order valence-electron chi connectivity index (χ2n) is 13.5. The van der Waals surface area contributed by atoms with Crippen molar-refractivity contribution >= 4 is 80.5 Å². The first kappa shape index (κ1) is 29.0. The first-order valence-corrected chi connectivity index (χ1v) is 18.2. The largest absolute Gasteiger partial charge is 0.291 e. The third kappa shape index (κ3) is 4.34. The summed E-state index contributed by atoms with van der Waals surface area (Å²) in [6.45, 7) is 0. The SMILES string of the molecule is N#Cc1ccc(-c2ccc(-c3ccc(-c4cc5c6cc7ccccc7cc6sc5c5nc6cc7ccccc7cc6n45)cc3)c3ccccc23)cc1. The van der Waals surface area contributed by atoms with Gasteiger partial charge in [0.05, 0.1) is 33.1 Å². The molecule has 11 aromatic rings. The lowest BCUT2D eigenvalue weighted by Crippen LogP contribution is -1.93. The van der Waals surface area contributed by atoms with Crippen LogP contribution < -0.4 is 0 Å². The van der Waals surface area contributed by atoms with Crippen LogP contribution in [0.2, 0.25) is 0 Å². The predicted molar refractivity (Wildman–Crippen MR) is 219 cm³/mol. The summed E-state index contributed by atoms with van der Waals surface area (Å²) in [6, 6.07) is 60.9. The maximum absolute atomic E-state index is 9.31. The second-order valence-corrected chi connectivity index (χ2v) is 14.6. The van der Waals surface area contributed by atoms with Crippen molar-refractivity contribution in [2.75, 3.05) is 0 Å². The molecule has 0 fully saturated rings. The van der Waals surface area contributed by atoms with E-state index in [0.29, 0.717) is 5.56 Å². The molecule has 0 N–H and O–H groups in total. The van der Waals surface area contributed by atoms with Gasteiger partial charge in [-0.05, 0) is 103 Å². The minimum Gasteiger partial charge on any atom is -0.291 e. The molecule has 52 heavy (non-hydrogen) atoms. The molecule has 0 atom stereocenters.